The molecule has 0 saturated carbocycles. The molecular formula is C17H10OS. The summed E-state index contributed by atoms with van der Waals surface area (Å²) in [6, 6.07) is 0. The molecule has 0 aromatic carbocycles. The standard InChI is InChI=1S/C17H10OS/c1-3-5-6-7-8-9-10-11-12-13-14-16-19-17(18)15-4-2/h4,15H2,1-2H3. The fraction of sp³-hybridized carbons (Fsp3) is 0.235. The van der Waals surface area contributed by atoms with Crippen molar-refractivity contribution in [3.05, 3.63) is 0 Å². The van der Waals surface area contributed by atoms with Crippen LogP contribution in [0.25, 0.3) is 0 Å². The van der Waals surface area contributed by atoms with Gasteiger partial charge in [-0.25, -0.2) is 0 Å². The third-order valence-electron chi connectivity index (χ3n) is 1.36. The highest BCUT2D eigenvalue weighted by Gasteiger charge is 1.95. The van der Waals surface area contributed by atoms with Crippen molar-refractivity contribution in [2.45, 2.75) is 26.7 Å². The summed E-state index contributed by atoms with van der Waals surface area (Å²) in [6.07, 6.45) is 1.36. The lowest BCUT2D eigenvalue weighted by Gasteiger charge is -1.86. The van der Waals surface area contributed by atoms with Gasteiger partial charge in [0.25, 0.3) is 0 Å². The zero-order chi connectivity index (χ0) is 14.2. The average molecular weight is 262 g/mol. The maximum absolute atomic E-state index is 11.1. The maximum Gasteiger partial charge on any atom is 0.201 e. The first kappa shape index (κ1) is 16.4. The molecule has 0 atom stereocenters. The van der Waals surface area contributed by atoms with Crippen LogP contribution in [0.4, 0.5) is 0 Å². The molecule has 1 nitrogen and oxygen atoms in total. The van der Waals surface area contributed by atoms with Crippen LogP contribution in [0, 0.1) is 70.4 Å². The van der Waals surface area contributed by atoms with Crippen molar-refractivity contribution < 1.29 is 4.79 Å². The molecule has 0 bridgehead atoms. The summed E-state index contributed by atoms with van der Waals surface area (Å²) in [5.41, 5.74) is 0. The van der Waals surface area contributed by atoms with Gasteiger partial charge in [-0.1, -0.05) is 12.8 Å². The molecule has 0 heterocycles. The van der Waals surface area contributed by atoms with E-state index in [4.69, 9.17) is 0 Å². The largest absolute Gasteiger partial charge is 0.286 e. The van der Waals surface area contributed by atoms with Crippen molar-refractivity contribution in [1.29, 1.82) is 0 Å². The van der Waals surface area contributed by atoms with E-state index in [2.05, 4.69) is 70.4 Å². The van der Waals surface area contributed by atoms with Crippen LogP contribution >= 0.6 is 11.8 Å². The monoisotopic (exact) mass is 262 g/mol. The van der Waals surface area contributed by atoms with Crippen LogP contribution in [-0.2, 0) is 4.79 Å². The van der Waals surface area contributed by atoms with Crippen LogP contribution in [0.2, 0.25) is 0 Å². The zero-order valence-electron chi connectivity index (χ0n) is 10.7. The number of carbonyl (C=O) groups is 1. The number of hydrogen-bond acceptors (Lipinski definition) is 2. The highest BCUT2D eigenvalue weighted by Crippen LogP contribution is 2.03. The summed E-state index contributed by atoms with van der Waals surface area (Å²) >= 11 is 0.971. The van der Waals surface area contributed by atoms with Crippen LogP contribution in [-0.4, -0.2) is 5.12 Å². The Kier molecular flexibility index (Phi) is 11.6. The zero-order valence-corrected chi connectivity index (χ0v) is 11.5. The molecule has 0 aliphatic carbocycles. The molecule has 0 unspecified atom stereocenters. The van der Waals surface area contributed by atoms with E-state index in [0.29, 0.717) is 6.42 Å². The molecule has 0 rings (SSSR count). The quantitative estimate of drug-likeness (QED) is 0.708. The van der Waals surface area contributed by atoms with Gasteiger partial charge in [-0.2, -0.15) is 0 Å². The fourth-order valence-corrected chi connectivity index (χ4v) is 1.20. The van der Waals surface area contributed by atoms with E-state index in [1.165, 1.54) is 0 Å². The molecule has 0 aromatic rings. The van der Waals surface area contributed by atoms with Crippen molar-refractivity contribution in [3.8, 4) is 70.4 Å². The Bertz CT molecular complexity index is 675. The van der Waals surface area contributed by atoms with E-state index in [1.54, 1.807) is 6.92 Å². The van der Waals surface area contributed by atoms with Crippen molar-refractivity contribution in [2.24, 2.45) is 0 Å². The smallest absolute Gasteiger partial charge is 0.201 e. The van der Waals surface area contributed by atoms with Gasteiger partial charge in [-0.3, -0.25) is 4.79 Å². The normalized spacial score (nSPS) is 5.79. The minimum atomic E-state index is 0.0579. The number of hydrogen-bond donors (Lipinski definition) is 0. The topological polar surface area (TPSA) is 17.1 Å². The lowest BCUT2D eigenvalue weighted by Crippen LogP contribution is -1.85. The molecule has 0 N–H and O–H groups in total. The van der Waals surface area contributed by atoms with Gasteiger partial charge in [0.2, 0.25) is 5.12 Å². The molecule has 0 saturated heterocycles. The molecule has 0 spiro atoms. The molecular weight excluding hydrogens is 252 g/mol. The van der Waals surface area contributed by atoms with Crippen LogP contribution in [0.15, 0.2) is 0 Å². The summed E-state index contributed by atoms with van der Waals surface area (Å²) in [7, 11) is 0. The Balaban J connectivity index is 4.13. The van der Waals surface area contributed by atoms with E-state index in [9.17, 15) is 4.79 Å². The summed E-state index contributed by atoms with van der Waals surface area (Å²) in [6.45, 7) is 3.65. The van der Waals surface area contributed by atoms with E-state index in [1.807, 2.05) is 6.92 Å². The molecule has 0 radical (unpaired) electrons. The van der Waals surface area contributed by atoms with Crippen molar-refractivity contribution >= 4 is 16.9 Å². The third kappa shape index (κ3) is 13.3. The Labute approximate surface area is 119 Å². The molecule has 0 fully saturated rings. The Morgan fingerprint density at radius 3 is 1.79 bits per heavy atom. The van der Waals surface area contributed by atoms with Gasteiger partial charge in [0.05, 0.1) is 0 Å². The molecule has 90 valence electrons. The predicted octanol–water partition coefficient (Wildman–Crippen LogP) is 2.04. The van der Waals surface area contributed by atoms with Gasteiger partial charge in [0.15, 0.2) is 0 Å². The highest BCUT2D eigenvalue weighted by atomic mass is 32.2. The number of carbonyl (C=O) groups excluding carboxylic acids is 1. The lowest BCUT2D eigenvalue weighted by molar-refractivity contribution is -0.110. The second-order valence-corrected chi connectivity index (χ2v) is 3.69. The average Bonchev–Trinajstić information content (AvgIpc) is 2.40. The second-order valence-electron chi connectivity index (χ2n) is 2.83. The lowest BCUT2D eigenvalue weighted by atomic mass is 10.4. The van der Waals surface area contributed by atoms with Gasteiger partial charge in [0.1, 0.15) is 0 Å². The molecule has 0 aliphatic heterocycles. The first-order chi connectivity index (χ1) is 9.31. The Morgan fingerprint density at radius 1 is 0.842 bits per heavy atom. The minimum absolute atomic E-state index is 0.0579. The Hall–Kier alpha value is -2.62. The molecule has 0 amide bonds. The van der Waals surface area contributed by atoms with Gasteiger partial charge >= 0.3 is 0 Å². The highest BCUT2D eigenvalue weighted by molar-refractivity contribution is 8.17. The minimum Gasteiger partial charge on any atom is -0.286 e. The van der Waals surface area contributed by atoms with Crippen LogP contribution < -0.4 is 0 Å². The first-order valence-electron chi connectivity index (χ1n) is 5.42. The van der Waals surface area contributed by atoms with Crippen LogP contribution in [0.1, 0.15) is 26.7 Å². The summed E-state index contributed by atoms with van der Waals surface area (Å²) in [5.74, 6) is 27.8. The first-order valence-corrected chi connectivity index (χ1v) is 6.24. The molecule has 0 aromatic heterocycles. The predicted molar refractivity (Wildman–Crippen MR) is 79.8 cm³/mol. The van der Waals surface area contributed by atoms with Crippen molar-refractivity contribution in [3.63, 3.8) is 0 Å². The fourth-order valence-electron chi connectivity index (χ4n) is 0.676. The van der Waals surface area contributed by atoms with Crippen LogP contribution in [0.5, 0.6) is 0 Å². The Morgan fingerprint density at radius 2 is 1.32 bits per heavy atom. The number of thioether (sulfide) groups is 1. The molecule has 19 heavy (non-hydrogen) atoms. The van der Waals surface area contributed by atoms with E-state index < -0.39 is 0 Å². The van der Waals surface area contributed by atoms with Gasteiger partial charge < -0.3 is 0 Å². The molecule has 2 heteroatoms. The van der Waals surface area contributed by atoms with E-state index in [0.717, 1.165) is 18.2 Å². The van der Waals surface area contributed by atoms with Gasteiger partial charge in [0, 0.05) is 18.2 Å². The van der Waals surface area contributed by atoms with Crippen molar-refractivity contribution in [1.82, 2.24) is 0 Å². The number of rotatable bonds is 2. The third-order valence-corrected chi connectivity index (χ3v) is 1.99. The summed E-state index contributed by atoms with van der Waals surface area (Å²) in [4.78, 5) is 11.1. The second kappa shape index (κ2) is 13.4. The van der Waals surface area contributed by atoms with E-state index in [-0.39, 0.29) is 5.12 Å². The SMILES string of the molecule is CC#CC#CC#CC#CC#CC#CSC(=O)CCC. The van der Waals surface area contributed by atoms with E-state index >= 15 is 0 Å². The van der Waals surface area contributed by atoms with Gasteiger partial charge in [-0.05, 0) is 77.8 Å². The summed E-state index contributed by atoms with van der Waals surface area (Å²) in [5, 5.41) is 2.66. The molecule has 0 aliphatic rings. The maximum atomic E-state index is 11.1. The van der Waals surface area contributed by atoms with Crippen LogP contribution in [0.3, 0.4) is 0 Å². The van der Waals surface area contributed by atoms with Gasteiger partial charge in [-0.15, -0.1) is 0 Å². The summed E-state index contributed by atoms with van der Waals surface area (Å²) < 4.78 is 0. The van der Waals surface area contributed by atoms with Crippen molar-refractivity contribution in [2.75, 3.05) is 0 Å².